The van der Waals surface area contributed by atoms with E-state index in [1.807, 2.05) is 0 Å². The number of benzene rings is 2. The van der Waals surface area contributed by atoms with Crippen LogP contribution in [0.5, 0.6) is 0 Å². The minimum absolute atomic E-state index is 0.190. The molecule has 0 aliphatic rings. The Balaban J connectivity index is 0.000000219. The van der Waals surface area contributed by atoms with Crippen LogP contribution in [0, 0.1) is 5.82 Å². The van der Waals surface area contributed by atoms with Gasteiger partial charge in [0.2, 0.25) is 0 Å². The van der Waals surface area contributed by atoms with E-state index in [9.17, 15) is 14.0 Å². The van der Waals surface area contributed by atoms with Crippen LogP contribution in [0.4, 0.5) is 4.39 Å². The Kier molecular flexibility index (Phi) is 6.03. The second-order valence-corrected chi connectivity index (χ2v) is 3.91. The van der Waals surface area contributed by atoms with E-state index in [1.54, 1.807) is 18.2 Å². The van der Waals surface area contributed by atoms with E-state index < -0.39 is 11.9 Å². The number of aliphatic hydroxyl groups excluding tert-OH is 1. The van der Waals surface area contributed by atoms with Gasteiger partial charge in [0, 0.05) is 5.56 Å². The summed E-state index contributed by atoms with van der Waals surface area (Å²) in [6.45, 7) is -0.229. The van der Waals surface area contributed by atoms with Crippen molar-refractivity contribution >= 4 is 11.9 Å². The number of carboxylic acids is 2. The molecular formula is C15H13FO5. The smallest absolute Gasteiger partial charge is 0.336 e. The van der Waals surface area contributed by atoms with Gasteiger partial charge in [-0.3, -0.25) is 0 Å². The highest BCUT2D eigenvalue weighted by molar-refractivity contribution is 6.01. The van der Waals surface area contributed by atoms with Crippen LogP contribution in [0.2, 0.25) is 0 Å². The largest absolute Gasteiger partial charge is 0.478 e. The molecule has 0 saturated carbocycles. The Hall–Kier alpha value is -2.73. The molecule has 110 valence electrons. The molecule has 0 saturated heterocycles. The molecule has 0 unspecified atom stereocenters. The van der Waals surface area contributed by atoms with Gasteiger partial charge < -0.3 is 15.3 Å². The summed E-state index contributed by atoms with van der Waals surface area (Å²) in [5, 5.41) is 25.6. The summed E-state index contributed by atoms with van der Waals surface area (Å²) >= 11 is 0. The van der Waals surface area contributed by atoms with E-state index in [-0.39, 0.29) is 23.6 Å². The molecule has 2 rings (SSSR count). The minimum Gasteiger partial charge on any atom is -0.478 e. The molecule has 2 aromatic rings. The molecule has 6 heteroatoms. The van der Waals surface area contributed by atoms with Crippen LogP contribution in [0.1, 0.15) is 26.3 Å². The lowest BCUT2D eigenvalue weighted by Crippen LogP contribution is -2.06. The van der Waals surface area contributed by atoms with Crippen LogP contribution in [-0.2, 0) is 6.61 Å². The van der Waals surface area contributed by atoms with E-state index in [0.29, 0.717) is 5.56 Å². The lowest BCUT2D eigenvalue weighted by Gasteiger charge is -1.98. The first-order valence-corrected chi connectivity index (χ1v) is 5.87. The fraction of sp³-hybridized carbons (Fsp3) is 0.0667. The predicted octanol–water partition coefficient (Wildman–Crippen LogP) is 2.40. The van der Waals surface area contributed by atoms with Crippen LogP contribution >= 0.6 is 0 Å². The van der Waals surface area contributed by atoms with Crippen LogP contribution < -0.4 is 0 Å². The van der Waals surface area contributed by atoms with Gasteiger partial charge in [-0.25, -0.2) is 14.0 Å². The van der Waals surface area contributed by atoms with E-state index in [0.717, 1.165) is 0 Å². The third-order valence-corrected chi connectivity index (χ3v) is 2.52. The first-order chi connectivity index (χ1) is 9.97. The average molecular weight is 292 g/mol. The molecule has 0 aliphatic carbocycles. The number of hydrogen-bond donors (Lipinski definition) is 3. The predicted molar refractivity (Wildman–Crippen MR) is 72.7 cm³/mol. The molecule has 0 spiro atoms. The third kappa shape index (κ3) is 4.70. The zero-order valence-electron chi connectivity index (χ0n) is 10.9. The lowest BCUT2D eigenvalue weighted by molar-refractivity contribution is 0.0651. The van der Waals surface area contributed by atoms with Crippen LogP contribution in [0.25, 0.3) is 0 Å². The molecule has 0 fully saturated rings. The molecule has 0 aromatic heterocycles. The minimum atomic E-state index is -1.23. The second kappa shape index (κ2) is 7.76. The van der Waals surface area contributed by atoms with Crippen LogP contribution in [-0.4, -0.2) is 27.3 Å². The summed E-state index contributed by atoms with van der Waals surface area (Å²) in [4.78, 5) is 20.9. The quantitative estimate of drug-likeness (QED) is 0.807. The number of carbonyl (C=O) groups is 2. The van der Waals surface area contributed by atoms with Gasteiger partial charge in [-0.15, -0.1) is 0 Å². The molecule has 0 heterocycles. The number of halogens is 1. The second-order valence-electron chi connectivity index (χ2n) is 3.91. The molecule has 21 heavy (non-hydrogen) atoms. The van der Waals surface area contributed by atoms with Gasteiger partial charge in [-0.1, -0.05) is 30.3 Å². The van der Waals surface area contributed by atoms with Crippen molar-refractivity contribution < 1.29 is 29.3 Å². The topological polar surface area (TPSA) is 94.8 Å². The van der Waals surface area contributed by atoms with Gasteiger partial charge in [0.05, 0.1) is 17.7 Å². The van der Waals surface area contributed by atoms with Gasteiger partial charge in [0.15, 0.2) is 0 Å². The highest BCUT2D eigenvalue weighted by Crippen LogP contribution is 2.08. The molecular weight excluding hydrogens is 279 g/mol. The maximum Gasteiger partial charge on any atom is 0.336 e. The number of aromatic carboxylic acids is 2. The third-order valence-electron chi connectivity index (χ3n) is 2.52. The number of rotatable bonds is 3. The monoisotopic (exact) mass is 292 g/mol. The van der Waals surface area contributed by atoms with Crippen molar-refractivity contribution in [2.24, 2.45) is 0 Å². The van der Waals surface area contributed by atoms with Gasteiger partial charge in [0.25, 0.3) is 0 Å². The summed E-state index contributed by atoms with van der Waals surface area (Å²) in [6.07, 6.45) is 0. The van der Waals surface area contributed by atoms with Crippen molar-refractivity contribution in [1.29, 1.82) is 0 Å². The van der Waals surface area contributed by atoms with Gasteiger partial charge in [0.1, 0.15) is 5.82 Å². The van der Waals surface area contributed by atoms with E-state index in [4.69, 9.17) is 15.3 Å². The first kappa shape index (κ1) is 16.3. The lowest BCUT2D eigenvalue weighted by atomic mass is 10.1. The Morgan fingerprint density at radius 1 is 0.857 bits per heavy atom. The Bertz CT molecular complexity index is 606. The molecule has 5 nitrogen and oxygen atoms in total. The van der Waals surface area contributed by atoms with Crippen molar-refractivity contribution in [2.75, 3.05) is 0 Å². The SMILES string of the molecule is O=C(O)c1ccccc1C(=O)O.OCc1ccccc1F. The standard InChI is InChI=1S/C8H6O4.C7H7FO/c9-7(10)5-3-1-2-4-6(5)8(11)12;8-7-4-2-1-3-6(7)5-9/h1-4H,(H,9,10)(H,11,12);1-4,9H,5H2. The maximum atomic E-state index is 12.4. The molecule has 0 atom stereocenters. The average Bonchev–Trinajstić information content (AvgIpc) is 2.48. The summed E-state index contributed by atoms with van der Waals surface area (Å²) in [5.74, 6) is -2.80. The fourth-order valence-corrected chi connectivity index (χ4v) is 1.48. The van der Waals surface area contributed by atoms with E-state index in [1.165, 1.54) is 30.3 Å². The van der Waals surface area contributed by atoms with Crippen molar-refractivity contribution in [2.45, 2.75) is 6.61 Å². The zero-order chi connectivity index (χ0) is 15.8. The Morgan fingerprint density at radius 2 is 1.29 bits per heavy atom. The van der Waals surface area contributed by atoms with Gasteiger partial charge in [-0.05, 0) is 18.2 Å². The number of hydrogen-bond acceptors (Lipinski definition) is 3. The molecule has 0 bridgehead atoms. The van der Waals surface area contributed by atoms with Crippen LogP contribution in [0.3, 0.4) is 0 Å². The zero-order valence-corrected chi connectivity index (χ0v) is 10.9. The highest BCUT2D eigenvalue weighted by atomic mass is 19.1. The molecule has 0 radical (unpaired) electrons. The summed E-state index contributed by atoms with van der Waals surface area (Å²) in [5.41, 5.74) is -0.0347. The fourth-order valence-electron chi connectivity index (χ4n) is 1.48. The molecule has 3 N–H and O–H groups in total. The van der Waals surface area contributed by atoms with E-state index >= 15 is 0 Å². The van der Waals surface area contributed by atoms with Crippen molar-refractivity contribution in [3.05, 3.63) is 71.0 Å². The normalized spacial score (nSPS) is 9.43. The van der Waals surface area contributed by atoms with Gasteiger partial charge in [-0.2, -0.15) is 0 Å². The number of carboxylic acid groups (broad SMARTS) is 2. The highest BCUT2D eigenvalue weighted by Gasteiger charge is 2.13. The maximum absolute atomic E-state index is 12.4. The van der Waals surface area contributed by atoms with E-state index in [2.05, 4.69) is 0 Å². The Labute approximate surface area is 119 Å². The van der Waals surface area contributed by atoms with Crippen molar-refractivity contribution in [3.63, 3.8) is 0 Å². The van der Waals surface area contributed by atoms with Crippen LogP contribution in [0.15, 0.2) is 48.5 Å². The Morgan fingerprint density at radius 3 is 1.62 bits per heavy atom. The molecule has 0 amide bonds. The van der Waals surface area contributed by atoms with Crippen molar-refractivity contribution in [3.8, 4) is 0 Å². The summed E-state index contributed by atoms with van der Waals surface area (Å²) < 4.78 is 12.4. The number of aliphatic hydroxyl groups is 1. The first-order valence-electron chi connectivity index (χ1n) is 5.87. The van der Waals surface area contributed by atoms with Crippen molar-refractivity contribution in [1.82, 2.24) is 0 Å². The molecule has 2 aromatic carbocycles. The van der Waals surface area contributed by atoms with Gasteiger partial charge >= 0.3 is 11.9 Å². The summed E-state index contributed by atoms with van der Waals surface area (Å²) in [6, 6.07) is 11.6. The molecule has 0 aliphatic heterocycles. The summed E-state index contributed by atoms with van der Waals surface area (Å²) in [7, 11) is 0.